The van der Waals surface area contributed by atoms with Crippen LogP contribution in [-0.4, -0.2) is 29.6 Å². The molecular formula is C17H27NO. The van der Waals surface area contributed by atoms with E-state index >= 15 is 0 Å². The zero-order chi connectivity index (χ0) is 14.0. The lowest BCUT2D eigenvalue weighted by Gasteiger charge is -2.27. The molecule has 2 nitrogen and oxygen atoms in total. The molecule has 0 radical (unpaired) electrons. The highest BCUT2D eigenvalue weighted by atomic mass is 16.3. The van der Waals surface area contributed by atoms with Crippen molar-refractivity contribution in [3.8, 4) is 0 Å². The molecule has 1 aliphatic heterocycles. The molecule has 1 fully saturated rings. The molecule has 0 aliphatic carbocycles. The fourth-order valence-electron chi connectivity index (χ4n) is 3.01. The van der Waals surface area contributed by atoms with Crippen LogP contribution in [0.25, 0.3) is 0 Å². The molecule has 106 valence electrons. The van der Waals surface area contributed by atoms with Crippen molar-refractivity contribution in [2.24, 2.45) is 11.3 Å². The van der Waals surface area contributed by atoms with E-state index in [0.717, 1.165) is 31.1 Å². The SMILES string of the molecule is Cc1ccccc1C(O)CN1CCC(C(C)(C)C)C1. The average molecular weight is 261 g/mol. The molecule has 1 aliphatic rings. The molecule has 0 bridgehead atoms. The largest absolute Gasteiger partial charge is 0.387 e. The maximum atomic E-state index is 10.4. The van der Waals surface area contributed by atoms with Gasteiger partial charge in [-0.2, -0.15) is 0 Å². The minimum atomic E-state index is -0.361. The van der Waals surface area contributed by atoms with Crippen molar-refractivity contribution in [3.05, 3.63) is 35.4 Å². The van der Waals surface area contributed by atoms with Crippen molar-refractivity contribution in [2.75, 3.05) is 19.6 Å². The average Bonchev–Trinajstić information content (AvgIpc) is 2.77. The van der Waals surface area contributed by atoms with Gasteiger partial charge in [-0.1, -0.05) is 45.0 Å². The van der Waals surface area contributed by atoms with Gasteiger partial charge in [0.05, 0.1) is 6.10 Å². The van der Waals surface area contributed by atoms with Crippen molar-refractivity contribution >= 4 is 0 Å². The number of hydrogen-bond acceptors (Lipinski definition) is 2. The minimum Gasteiger partial charge on any atom is -0.387 e. The van der Waals surface area contributed by atoms with Crippen molar-refractivity contribution in [3.63, 3.8) is 0 Å². The van der Waals surface area contributed by atoms with Crippen LogP contribution in [-0.2, 0) is 0 Å². The number of nitrogens with zero attached hydrogens (tertiary/aromatic N) is 1. The molecule has 1 aromatic rings. The molecule has 1 N–H and O–H groups in total. The fraction of sp³-hybridized carbons (Fsp3) is 0.647. The number of rotatable bonds is 3. The Morgan fingerprint density at radius 3 is 2.58 bits per heavy atom. The Morgan fingerprint density at radius 2 is 2.00 bits per heavy atom. The van der Waals surface area contributed by atoms with E-state index in [-0.39, 0.29) is 6.10 Å². The third kappa shape index (κ3) is 3.58. The lowest BCUT2D eigenvalue weighted by atomic mass is 9.80. The Bertz CT molecular complexity index is 422. The normalized spacial score (nSPS) is 22.7. The highest BCUT2D eigenvalue weighted by Gasteiger charge is 2.32. The summed E-state index contributed by atoms with van der Waals surface area (Å²) in [5.74, 6) is 0.747. The fourth-order valence-corrected chi connectivity index (χ4v) is 3.01. The molecule has 0 amide bonds. The van der Waals surface area contributed by atoms with Gasteiger partial charge in [0.1, 0.15) is 0 Å². The van der Waals surface area contributed by atoms with E-state index in [2.05, 4.69) is 38.7 Å². The van der Waals surface area contributed by atoms with Crippen molar-refractivity contribution in [2.45, 2.75) is 40.2 Å². The quantitative estimate of drug-likeness (QED) is 0.901. The summed E-state index contributed by atoms with van der Waals surface area (Å²) < 4.78 is 0. The maximum absolute atomic E-state index is 10.4. The molecule has 0 spiro atoms. The van der Waals surface area contributed by atoms with Gasteiger partial charge in [0.2, 0.25) is 0 Å². The molecule has 1 heterocycles. The third-order valence-corrected chi connectivity index (χ3v) is 4.48. The standard InChI is InChI=1S/C17H27NO/c1-13-7-5-6-8-15(13)16(19)12-18-10-9-14(11-18)17(2,3)4/h5-8,14,16,19H,9-12H2,1-4H3. The molecule has 19 heavy (non-hydrogen) atoms. The minimum absolute atomic E-state index is 0.361. The second-order valence-corrected chi connectivity index (χ2v) is 6.98. The first kappa shape index (κ1) is 14.5. The predicted octanol–water partition coefficient (Wildman–Crippen LogP) is 3.40. The lowest BCUT2D eigenvalue weighted by Crippen LogP contribution is -2.29. The zero-order valence-corrected chi connectivity index (χ0v) is 12.7. The highest BCUT2D eigenvalue weighted by Crippen LogP contribution is 2.34. The van der Waals surface area contributed by atoms with E-state index in [1.807, 2.05) is 18.2 Å². The lowest BCUT2D eigenvalue weighted by molar-refractivity contribution is 0.118. The number of β-amino-alcohol motifs (C(OH)–C–C–N with tert-alkyl or cyclic N) is 1. The van der Waals surface area contributed by atoms with Crippen LogP contribution in [0.5, 0.6) is 0 Å². The summed E-state index contributed by atoms with van der Waals surface area (Å²) in [5.41, 5.74) is 2.63. The van der Waals surface area contributed by atoms with Gasteiger partial charge in [-0.3, -0.25) is 0 Å². The van der Waals surface area contributed by atoms with Crippen LogP contribution in [0.15, 0.2) is 24.3 Å². The zero-order valence-electron chi connectivity index (χ0n) is 12.7. The van der Waals surface area contributed by atoms with Gasteiger partial charge in [-0.15, -0.1) is 0 Å². The van der Waals surface area contributed by atoms with Gasteiger partial charge < -0.3 is 10.0 Å². The Labute approximate surface area is 117 Å². The van der Waals surface area contributed by atoms with Crippen molar-refractivity contribution in [1.29, 1.82) is 0 Å². The summed E-state index contributed by atoms with van der Waals surface area (Å²) in [5, 5.41) is 10.4. The summed E-state index contributed by atoms with van der Waals surface area (Å²) in [6.45, 7) is 12.0. The summed E-state index contributed by atoms with van der Waals surface area (Å²) in [6, 6.07) is 8.14. The van der Waals surface area contributed by atoms with E-state index in [0.29, 0.717) is 5.41 Å². The van der Waals surface area contributed by atoms with Crippen LogP contribution in [0.1, 0.15) is 44.4 Å². The highest BCUT2D eigenvalue weighted by molar-refractivity contribution is 5.27. The monoisotopic (exact) mass is 261 g/mol. The van der Waals surface area contributed by atoms with Crippen LogP contribution in [0.3, 0.4) is 0 Å². The van der Waals surface area contributed by atoms with Crippen LogP contribution < -0.4 is 0 Å². The Kier molecular flexibility index (Phi) is 4.32. The smallest absolute Gasteiger partial charge is 0.0919 e. The van der Waals surface area contributed by atoms with Crippen molar-refractivity contribution in [1.82, 2.24) is 4.90 Å². The molecule has 2 rings (SSSR count). The molecule has 1 aromatic carbocycles. The molecule has 1 saturated heterocycles. The molecule has 2 atom stereocenters. The Hall–Kier alpha value is -0.860. The number of aryl methyl sites for hydroxylation is 1. The van der Waals surface area contributed by atoms with Gasteiger partial charge in [-0.25, -0.2) is 0 Å². The molecule has 0 aromatic heterocycles. The summed E-state index contributed by atoms with van der Waals surface area (Å²) in [6.07, 6.45) is 0.893. The summed E-state index contributed by atoms with van der Waals surface area (Å²) in [4.78, 5) is 2.41. The van der Waals surface area contributed by atoms with E-state index in [9.17, 15) is 5.11 Å². The second kappa shape index (κ2) is 5.64. The van der Waals surface area contributed by atoms with Gasteiger partial charge >= 0.3 is 0 Å². The second-order valence-electron chi connectivity index (χ2n) is 6.98. The van der Waals surface area contributed by atoms with Crippen molar-refractivity contribution < 1.29 is 5.11 Å². The van der Waals surface area contributed by atoms with E-state index in [1.165, 1.54) is 12.0 Å². The number of aliphatic hydroxyl groups excluding tert-OH is 1. The van der Waals surface area contributed by atoms with Crippen LogP contribution >= 0.6 is 0 Å². The Morgan fingerprint density at radius 1 is 1.32 bits per heavy atom. The number of benzene rings is 1. The topological polar surface area (TPSA) is 23.5 Å². The van der Waals surface area contributed by atoms with E-state index in [4.69, 9.17) is 0 Å². The first-order chi connectivity index (χ1) is 8.88. The molecular weight excluding hydrogens is 234 g/mol. The number of likely N-dealkylation sites (tertiary alicyclic amines) is 1. The molecule has 2 unspecified atom stereocenters. The Balaban J connectivity index is 1.94. The number of aliphatic hydroxyl groups is 1. The van der Waals surface area contributed by atoms with E-state index in [1.54, 1.807) is 0 Å². The third-order valence-electron chi connectivity index (χ3n) is 4.48. The summed E-state index contributed by atoms with van der Waals surface area (Å²) in [7, 11) is 0. The summed E-state index contributed by atoms with van der Waals surface area (Å²) >= 11 is 0. The number of hydrogen-bond donors (Lipinski definition) is 1. The molecule has 2 heteroatoms. The van der Waals surface area contributed by atoms with Crippen LogP contribution in [0, 0.1) is 18.3 Å². The molecule has 0 saturated carbocycles. The maximum Gasteiger partial charge on any atom is 0.0919 e. The first-order valence-corrected chi connectivity index (χ1v) is 7.34. The van der Waals surface area contributed by atoms with E-state index < -0.39 is 0 Å². The van der Waals surface area contributed by atoms with Crippen LogP contribution in [0.2, 0.25) is 0 Å². The predicted molar refractivity (Wildman–Crippen MR) is 80.1 cm³/mol. The van der Waals surface area contributed by atoms with Gasteiger partial charge in [0.15, 0.2) is 0 Å². The van der Waals surface area contributed by atoms with Gasteiger partial charge in [0, 0.05) is 13.1 Å². The van der Waals surface area contributed by atoms with Gasteiger partial charge in [-0.05, 0) is 42.3 Å². The van der Waals surface area contributed by atoms with Crippen LogP contribution in [0.4, 0.5) is 0 Å². The first-order valence-electron chi connectivity index (χ1n) is 7.34. The van der Waals surface area contributed by atoms with Gasteiger partial charge in [0.25, 0.3) is 0 Å².